The quantitative estimate of drug-likeness (QED) is 0.244. The SMILES string of the molecule is COc1ccc(COCC2O[CH+][C@@H]([Se]c3ccccc3)C[C@@H]2COCc2ccc(OC)cc2)cc1. The van der Waals surface area contributed by atoms with Crippen LogP contribution in [-0.4, -0.2) is 48.5 Å². The normalized spacial score (nSPS) is 19.7. The van der Waals surface area contributed by atoms with E-state index in [1.54, 1.807) is 14.2 Å². The van der Waals surface area contributed by atoms with Crippen LogP contribution in [0, 0.1) is 12.5 Å². The number of hydrogen-bond acceptors (Lipinski definition) is 5. The summed E-state index contributed by atoms with van der Waals surface area (Å²) in [6.07, 6.45) is 1.01. The zero-order chi connectivity index (χ0) is 24.3. The van der Waals surface area contributed by atoms with Crippen LogP contribution < -0.4 is 13.9 Å². The summed E-state index contributed by atoms with van der Waals surface area (Å²) < 4.78 is 30.3. The monoisotopic (exact) mass is 541 g/mol. The topological polar surface area (TPSA) is 46.2 Å². The van der Waals surface area contributed by atoms with Crippen LogP contribution >= 0.6 is 0 Å². The summed E-state index contributed by atoms with van der Waals surface area (Å²) in [7, 11) is 3.35. The Bertz CT molecular complexity index is 994. The molecule has 0 spiro atoms. The third-order valence-corrected chi connectivity index (χ3v) is 8.38. The first-order chi connectivity index (χ1) is 17.2. The Labute approximate surface area is 214 Å². The van der Waals surface area contributed by atoms with Gasteiger partial charge in [0.25, 0.3) is 0 Å². The van der Waals surface area contributed by atoms with Crippen molar-refractivity contribution in [3.05, 3.63) is 96.6 Å². The second-order valence-corrected chi connectivity index (χ2v) is 11.3. The van der Waals surface area contributed by atoms with Gasteiger partial charge in [-0.3, -0.25) is 0 Å². The average molecular weight is 541 g/mol. The molecule has 1 saturated heterocycles. The van der Waals surface area contributed by atoms with E-state index in [2.05, 4.69) is 30.3 Å². The van der Waals surface area contributed by atoms with Crippen molar-refractivity contribution >= 4 is 19.4 Å². The van der Waals surface area contributed by atoms with E-state index < -0.39 is 0 Å². The third-order valence-electron chi connectivity index (χ3n) is 5.97. The molecule has 0 aliphatic carbocycles. The first-order valence-corrected chi connectivity index (χ1v) is 13.7. The summed E-state index contributed by atoms with van der Waals surface area (Å²) in [5.41, 5.74) is 2.25. The molecule has 6 heteroatoms. The Morgan fingerprint density at radius 2 is 1.34 bits per heavy atom. The van der Waals surface area contributed by atoms with E-state index in [1.165, 1.54) is 4.46 Å². The van der Waals surface area contributed by atoms with Gasteiger partial charge in [0.05, 0.1) is 7.11 Å². The van der Waals surface area contributed by atoms with Crippen molar-refractivity contribution in [3.63, 3.8) is 0 Å². The van der Waals surface area contributed by atoms with Gasteiger partial charge in [0.1, 0.15) is 0 Å². The van der Waals surface area contributed by atoms with Gasteiger partial charge in [0.2, 0.25) is 0 Å². The Balaban J connectivity index is 1.31. The number of ether oxygens (including phenoxy) is 5. The van der Waals surface area contributed by atoms with E-state index in [9.17, 15) is 0 Å². The summed E-state index contributed by atoms with van der Waals surface area (Å²) >= 11 is 0.324. The number of rotatable bonds is 12. The molecule has 0 amide bonds. The molecule has 35 heavy (non-hydrogen) atoms. The van der Waals surface area contributed by atoms with E-state index in [1.807, 2.05) is 55.1 Å². The molecule has 0 radical (unpaired) electrons. The molecule has 3 atom stereocenters. The zero-order valence-electron chi connectivity index (χ0n) is 20.3. The van der Waals surface area contributed by atoms with Gasteiger partial charge in [-0.15, -0.1) is 0 Å². The molecule has 0 aromatic heterocycles. The van der Waals surface area contributed by atoms with Gasteiger partial charge in [-0.1, -0.05) is 0 Å². The van der Waals surface area contributed by atoms with Crippen molar-refractivity contribution in [2.45, 2.75) is 30.6 Å². The molecule has 0 saturated carbocycles. The molecule has 1 aliphatic heterocycles. The number of hydrogen-bond donors (Lipinski definition) is 0. The molecule has 4 rings (SSSR count). The van der Waals surface area contributed by atoms with Gasteiger partial charge in [-0.2, -0.15) is 0 Å². The summed E-state index contributed by atoms with van der Waals surface area (Å²) in [5.74, 6) is 1.97. The van der Waals surface area contributed by atoms with Crippen molar-refractivity contribution in [2.24, 2.45) is 5.92 Å². The predicted octanol–water partition coefficient (Wildman–Crippen LogP) is 4.82. The molecule has 0 N–H and O–H groups in total. The number of methoxy groups -OCH3 is 2. The zero-order valence-corrected chi connectivity index (χ0v) is 22.0. The second-order valence-electron chi connectivity index (χ2n) is 8.50. The van der Waals surface area contributed by atoms with Gasteiger partial charge >= 0.3 is 208 Å². The molecule has 0 bridgehead atoms. The minimum absolute atomic E-state index is 0.0214. The van der Waals surface area contributed by atoms with Crippen molar-refractivity contribution in [2.75, 3.05) is 27.4 Å². The van der Waals surface area contributed by atoms with E-state index in [-0.39, 0.29) is 12.0 Å². The molecule has 3 aromatic carbocycles. The molecule has 5 nitrogen and oxygen atoms in total. The average Bonchev–Trinajstić information content (AvgIpc) is 2.91. The summed E-state index contributed by atoms with van der Waals surface area (Å²) in [6, 6.07) is 26.6. The molecular formula is C29H33O5Se+. The van der Waals surface area contributed by atoms with Crippen LogP contribution in [0.25, 0.3) is 0 Å². The Kier molecular flexibility index (Phi) is 9.93. The van der Waals surface area contributed by atoms with Gasteiger partial charge in [0.15, 0.2) is 0 Å². The van der Waals surface area contributed by atoms with Crippen LogP contribution in [-0.2, 0) is 27.4 Å². The second kappa shape index (κ2) is 13.6. The van der Waals surface area contributed by atoms with Crippen LogP contribution in [0.4, 0.5) is 0 Å². The Morgan fingerprint density at radius 1 is 0.771 bits per heavy atom. The van der Waals surface area contributed by atoms with Gasteiger partial charge in [-0.05, 0) is 0 Å². The molecule has 184 valence electrons. The summed E-state index contributed by atoms with van der Waals surface area (Å²) in [6.45, 7) is 4.31. The Morgan fingerprint density at radius 3 is 1.91 bits per heavy atom. The maximum atomic E-state index is 6.23. The molecule has 1 aliphatic rings. The Hall–Kier alpha value is -2.47. The van der Waals surface area contributed by atoms with Crippen molar-refractivity contribution in [3.8, 4) is 11.5 Å². The van der Waals surface area contributed by atoms with E-state index in [0.29, 0.717) is 46.2 Å². The fourth-order valence-electron chi connectivity index (χ4n) is 3.97. The molecule has 1 fully saturated rings. The minimum atomic E-state index is -0.0214. The maximum absolute atomic E-state index is 6.23. The van der Waals surface area contributed by atoms with Crippen LogP contribution in [0.2, 0.25) is 4.82 Å². The summed E-state index contributed by atoms with van der Waals surface area (Å²) in [4.78, 5) is 0.414. The fourth-order valence-corrected chi connectivity index (χ4v) is 6.33. The van der Waals surface area contributed by atoms with Crippen molar-refractivity contribution < 1.29 is 23.7 Å². The van der Waals surface area contributed by atoms with Crippen LogP contribution in [0.3, 0.4) is 0 Å². The van der Waals surface area contributed by atoms with Crippen LogP contribution in [0.5, 0.6) is 11.5 Å². The molecular weight excluding hydrogens is 507 g/mol. The molecule has 1 unspecified atom stereocenters. The van der Waals surface area contributed by atoms with Crippen molar-refractivity contribution in [1.82, 2.24) is 0 Å². The predicted molar refractivity (Wildman–Crippen MR) is 138 cm³/mol. The van der Waals surface area contributed by atoms with Crippen molar-refractivity contribution in [1.29, 1.82) is 0 Å². The van der Waals surface area contributed by atoms with E-state index >= 15 is 0 Å². The third kappa shape index (κ3) is 8.03. The van der Waals surface area contributed by atoms with Gasteiger partial charge in [-0.25, -0.2) is 0 Å². The van der Waals surface area contributed by atoms with Gasteiger partial charge < -0.3 is 0 Å². The summed E-state index contributed by atoms with van der Waals surface area (Å²) in [5, 5.41) is 0. The number of benzene rings is 3. The first kappa shape index (κ1) is 25.6. The van der Waals surface area contributed by atoms with E-state index in [4.69, 9.17) is 23.7 Å². The standard InChI is InChI=1S/C29H33O5Se/c1-30-25-12-8-22(9-13-25)17-32-19-24-16-28(35-27-6-4-3-5-7-27)20-34-29(24)21-33-18-23-10-14-26(31-2)15-11-23/h3-15,20,24,28-29H,16-19,21H2,1-2H3/q+1/t24-,28+,29?/m1/s1. The fraction of sp³-hybridized carbons (Fsp3) is 0.345. The van der Waals surface area contributed by atoms with Gasteiger partial charge in [0, 0.05) is 0 Å². The molecule has 1 heterocycles. The first-order valence-electron chi connectivity index (χ1n) is 11.9. The van der Waals surface area contributed by atoms with E-state index in [0.717, 1.165) is 29.0 Å². The molecule has 3 aromatic rings. The van der Waals surface area contributed by atoms with Crippen LogP contribution in [0.15, 0.2) is 78.9 Å². The van der Waals surface area contributed by atoms with Crippen LogP contribution in [0.1, 0.15) is 17.5 Å².